The SMILES string of the molecule is CO[P+](O)(O)OCC(O)CO. The Morgan fingerprint density at radius 1 is 1.45 bits per heavy atom. The van der Waals surface area contributed by atoms with Crippen LogP contribution in [0, 0.1) is 0 Å². The highest BCUT2D eigenvalue weighted by Crippen LogP contribution is 2.51. The Labute approximate surface area is 64.7 Å². The summed E-state index contributed by atoms with van der Waals surface area (Å²) in [5, 5.41) is 17.0. The molecule has 0 aliphatic rings. The second kappa shape index (κ2) is 4.95. The lowest BCUT2D eigenvalue weighted by Gasteiger charge is -2.08. The van der Waals surface area contributed by atoms with Crippen molar-refractivity contribution in [3.05, 3.63) is 0 Å². The summed E-state index contributed by atoms with van der Waals surface area (Å²) >= 11 is 0. The third-order valence-electron chi connectivity index (χ3n) is 0.884. The maximum Gasteiger partial charge on any atom is 0.569 e. The van der Waals surface area contributed by atoms with Crippen molar-refractivity contribution in [2.45, 2.75) is 6.10 Å². The topological polar surface area (TPSA) is 99.4 Å². The van der Waals surface area contributed by atoms with Gasteiger partial charge >= 0.3 is 8.17 Å². The summed E-state index contributed by atoms with van der Waals surface area (Å²) in [5.74, 6) is 0. The smallest absolute Gasteiger partial charge is 0.394 e. The van der Waals surface area contributed by atoms with E-state index in [-0.39, 0.29) is 6.61 Å². The molecular weight excluding hydrogens is 175 g/mol. The van der Waals surface area contributed by atoms with E-state index in [1.54, 1.807) is 0 Å². The molecule has 0 aromatic carbocycles. The highest BCUT2D eigenvalue weighted by Gasteiger charge is 2.38. The molecule has 0 spiro atoms. The highest BCUT2D eigenvalue weighted by molar-refractivity contribution is 7.54. The molecule has 6 nitrogen and oxygen atoms in total. The van der Waals surface area contributed by atoms with Crippen LogP contribution in [0.1, 0.15) is 0 Å². The van der Waals surface area contributed by atoms with Gasteiger partial charge in [0.2, 0.25) is 0 Å². The molecule has 0 heterocycles. The minimum Gasteiger partial charge on any atom is -0.394 e. The molecule has 0 aliphatic heterocycles. The monoisotopic (exact) mass is 187 g/mol. The van der Waals surface area contributed by atoms with Crippen molar-refractivity contribution in [1.29, 1.82) is 0 Å². The molecule has 0 fully saturated rings. The van der Waals surface area contributed by atoms with Gasteiger partial charge in [-0.1, -0.05) is 0 Å². The number of hydrogen-bond donors (Lipinski definition) is 4. The van der Waals surface area contributed by atoms with Crippen molar-refractivity contribution in [2.75, 3.05) is 20.3 Å². The first-order valence-corrected chi connectivity index (χ1v) is 4.38. The number of aliphatic hydroxyl groups is 2. The van der Waals surface area contributed by atoms with E-state index >= 15 is 0 Å². The lowest BCUT2D eigenvalue weighted by atomic mass is 10.4. The fourth-order valence-electron chi connectivity index (χ4n) is 0.289. The molecule has 11 heavy (non-hydrogen) atoms. The van der Waals surface area contributed by atoms with Gasteiger partial charge in [0, 0.05) is 0 Å². The largest absolute Gasteiger partial charge is 0.569 e. The fraction of sp³-hybridized carbons (Fsp3) is 1.00. The second-order valence-corrected chi connectivity index (χ2v) is 3.41. The van der Waals surface area contributed by atoms with Crippen LogP contribution in [0.25, 0.3) is 0 Å². The van der Waals surface area contributed by atoms with Crippen molar-refractivity contribution in [2.24, 2.45) is 0 Å². The van der Waals surface area contributed by atoms with Gasteiger partial charge in [-0.25, -0.2) is 0 Å². The Balaban J connectivity index is 3.52. The van der Waals surface area contributed by atoms with Crippen LogP contribution in [0.2, 0.25) is 0 Å². The van der Waals surface area contributed by atoms with Gasteiger partial charge in [-0.3, -0.25) is 0 Å². The summed E-state index contributed by atoms with van der Waals surface area (Å²) in [7, 11) is -2.69. The number of rotatable bonds is 5. The molecule has 0 rings (SSSR count). The molecule has 1 unspecified atom stereocenters. The molecule has 0 aromatic rings. The summed E-state index contributed by atoms with van der Waals surface area (Å²) in [6, 6.07) is 0. The Hall–Kier alpha value is 0.190. The minimum absolute atomic E-state index is 0.370. The van der Waals surface area contributed by atoms with Gasteiger partial charge in [0.25, 0.3) is 0 Å². The minimum atomic E-state index is -3.76. The molecule has 0 amide bonds. The van der Waals surface area contributed by atoms with Crippen molar-refractivity contribution in [1.82, 2.24) is 0 Å². The lowest BCUT2D eigenvalue weighted by Crippen LogP contribution is -2.19. The molecule has 7 heteroatoms. The van der Waals surface area contributed by atoms with E-state index in [9.17, 15) is 0 Å². The van der Waals surface area contributed by atoms with E-state index in [0.717, 1.165) is 7.11 Å². The first kappa shape index (κ1) is 11.2. The predicted molar refractivity (Wildman–Crippen MR) is 37.4 cm³/mol. The summed E-state index contributed by atoms with van der Waals surface area (Å²) in [4.78, 5) is 17.4. The van der Waals surface area contributed by atoms with Crippen LogP contribution in [0.4, 0.5) is 0 Å². The third-order valence-corrected chi connectivity index (χ3v) is 1.84. The van der Waals surface area contributed by atoms with E-state index in [4.69, 9.17) is 20.0 Å². The fourth-order valence-corrected chi connectivity index (χ4v) is 0.760. The van der Waals surface area contributed by atoms with E-state index in [0.29, 0.717) is 0 Å². The molecule has 0 radical (unpaired) electrons. The zero-order valence-corrected chi connectivity index (χ0v) is 6.94. The normalized spacial score (nSPS) is 15.0. The van der Waals surface area contributed by atoms with Crippen molar-refractivity contribution in [3.63, 3.8) is 0 Å². The molecule has 0 saturated heterocycles. The van der Waals surface area contributed by atoms with Gasteiger partial charge in [0.1, 0.15) is 12.7 Å². The first-order valence-electron chi connectivity index (χ1n) is 2.85. The zero-order chi connectivity index (χ0) is 8.91. The first-order chi connectivity index (χ1) is 5.02. The van der Waals surface area contributed by atoms with Crippen molar-refractivity contribution < 1.29 is 29.0 Å². The Morgan fingerprint density at radius 3 is 2.36 bits per heavy atom. The van der Waals surface area contributed by atoms with E-state index < -0.39 is 20.9 Å². The molecule has 0 saturated carbocycles. The van der Waals surface area contributed by atoms with Crippen LogP contribution >= 0.6 is 8.17 Å². The molecular formula is C4H12O6P+. The maximum absolute atomic E-state index is 8.70. The van der Waals surface area contributed by atoms with Gasteiger partial charge in [-0.2, -0.15) is 18.8 Å². The van der Waals surface area contributed by atoms with E-state index in [2.05, 4.69) is 9.05 Å². The van der Waals surface area contributed by atoms with Gasteiger partial charge in [0.15, 0.2) is 0 Å². The summed E-state index contributed by atoms with van der Waals surface area (Å²) in [6.07, 6.45) is -1.12. The van der Waals surface area contributed by atoms with E-state index in [1.807, 2.05) is 0 Å². The molecule has 0 aliphatic carbocycles. The Bertz CT molecular complexity index is 107. The van der Waals surface area contributed by atoms with Gasteiger partial charge < -0.3 is 10.2 Å². The van der Waals surface area contributed by atoms with Crippen molar-refractivity contribution >= 4 is 8.17 Å². The maximum atomic E-state index is 8.70. The standard InChI is InChI=1S/C4H12O6P/c1-9-11(7,8)10-3-4(6)2-5/h4-8H,2-3H2,1H3/q+1. The average molecular weight is 187 g/mol. The lowest BCUT2D eigenvalue weighted by molar-refractivity contribution is 0.0307. The number of aliphatic hydroxyl groups excluding tert-OH is 2. The predicted octanol–water partition coefficient (Wildman–Crippen LogP) is -1.34. The van der Waals surface area contributed by atoms with Gasteiger partial charge in [-0.05, 0) is 0 Å². The second-order valence-electron chi connectivity index (χ2n) is 1.81. The summed E-state index contributed by atoms with van der Waals surface area (Å²) in [5.41, 5.74) is 0. The molecule has 68 valence electrons. The summed E-state index contributed by atoms with van der Waals surface area (Å²) < 4.78 is 8.46. The van der Waals surface area contributed by atoms with Crippen molar-refractivity contribution in [3.8, 4) is 0 Å². The van der Waals surface area contributed by atoms with Gasteiger partial charge in [-0.15, -0.1) is 0 Å². The van der Waals surface area contributed by atoms with E-state index in [1.165, 1.54) is 0 Å². The quantitative estimate of drug-likeness (QED) is 0.398. The van der Waals surface area contributed by atoms with Crippen LogP contribution in [0.3, 0.4) is 0 Å². The van der Waals surface area contributed by atoms with Crippen LogP contribution in [0.15, 0.2) is 0 Å². The Morgan fingerprint density at radius 2 is 2.00 bits per heavy atom. The third kappa shape index (κ3) is 5.46. The molecule has 1 atom stereocenters. The van der Waals surface area contributed by atoms with Crippen LogP contribution in [0.5, 0.6) is 0 Å². The molecule has 0 aromatic heterocycles. The summed E-state index contributed by atoms with van der Waals surface area (Å²) in [6.45, 7) is -0.866. The highest BCUT2D eigenvalue weighted by atomic mass is 31.2. The van der Waals surface area contributed by atoms with Gasteiger partial charge in [0.05, 0.1) is 13.7 Å². The molecule has 4 N–H and O–H groups in total. The van der Waals surface area contributed by atoms with Crippen LogP contribution in [-0.4, -0.2) is 46.4 Å². The zero-order valence-electron chi connectivity index (χ0n) is 6.04. The van der Waals surface area contributed by atoms with Crippen LogP contribution in [-0.2, 0) is 9.05 Å². The number of hydrogen-bond acceptors (Lipinski definition) is 6. The van der Waals surface area contributed by atoms with Crippen LogP contribution < -0.4 is 0 Å². The molecule has 0 bridgehead atoms. The Kier molecular flexibility index (Phi) is 5.03. The average Bonchev–Trinajstić information content (AvgIpc) is 2.00.